The molecule has 0 fully saturated rings. The summed E-state index contributed by atoms with van der Waals surface area (Å²) in [4.78, 5) is 11.0. The minimum absolute atomic E-state index is 0.0963. The molecule has 2 aromatic carbocycles. The van der Waals surface area contributed by atoms with Crippen molar-refractivity contribution >= 4 is 16.7 Å². The van der Waals surface area contributed by atoms with Crippen LogP contribution in [0.4, 0.5) is 13.2 Å². The summed E-state index contributed by atoms with van der Waals surface area (Å²) in [5, 5.41) is 1.66. The number of hydrogen-bond donors (Lipinski definition) is 0. The lowest BCUT2D eigenvalue weighted by Crippen LogP contribution is -2.28. The molecule has 0 saturated heterocycles. The van der Waals surface area contributed by atoms with Gasteiger partial charge in [0.05, 0.1) is 0 Å². The fourth-order valence-corrected chi connectivity index (χ4v) is 2.13. The van der Waals surface area contributed by atoms with E-state index in [9.17, 15) is 18.0 Å². The first-order valence-electron chi connectivity index (χ1n) is 6.41. The van der Waals surface area contributed by atoms with Crippen LogP contribution in [-0.4, -0.2) is 12.1 Å². The lowest BCUT2D eigenvalue weighted by molar-refractivity contribution is -0.189. The van der Waals surface area contributed by atoms with Gasteiger partial charge in [0, 0.05) is 0 Å². The van der Waals surface area contributed by atoms with Crippen LogP contribution in [0, 0.1) is 0 Å². The van der Waals surface area contributed by atoms with Gasteiger partial charge in [0.2, 0.25) is 0 Å². The Labute approximate surface area is 120 Å². The van der Waals surface area contributed by atoms with Gasteiger partial charge in [0.15, 0.2) is 0 Å². The first-order valence-corrected chi connectivity index (χ1v) is 6.41. The first-order chi connectivity index (χ1) is 9.59. The summed E-state index contributed by atoms with van der Waals surface area (Å²) in [6.07, 6.45) is -5.01. The summed E-state index contributed by atoms with van der Waals surface area (Å²) in [6.45, 7) is 5.85. The Morgan fingerprint density at radius 1 is 1.05 bits per heavy atom. The number of fused-ring (bicyclic) bond motifs is 1. The molecule has 0 aliphatic carbocycles. The number of ether oxygens (including phenoxy) is 1. The molecule has 0 amide bonds. The molecular formula is C16H15F3O2. The van der Waals surface area contributed by atoms with Crippen molar-refractivity contribution in [1.29, 1.82) is 0 Å². The number of carbonyl (C=O) groups excluding carboxylic acids is 1. The molecule has 0 aromatic heterocycles. The number of rotatable bonds is 1. The summed E-state index contributed by atoms with van der Waals surface area (Å²) in [7, 11) is 0. The molecule has 0 unspecified atom stereocenters. The molecule has 2 nitrogen and oxygen atoms in total. The van der Waals surface area contributed by atoms with Gasteiger partial charge in [0.25, 0.3) is 0 Å². The third kappa shape index (κ3) is 3.35. The maximum atomic E-state index is 12.3. The fourth-order valence-electron chi connectivity index (χ4n) is 2.13. The molecule has 2 aromatic rings. The van der Waals surface area contributed by atoms with Crippen LogP contribution in [0.1, 0.15) is 26.3 Å². The topological polar surface area (TPSA) is 26.3 Å². The molecule has 2 rings (SSSR count). The standard InChI is InChI=1S/C16H15F3O2/c1-15(2,3)13-9-11(21-14(20)16(17,18)19)8-10-6-4-5-7-12(10)13/h4-9H,1-3H3. The lowest BCUT2D eigenvalue weighted by atomic mass is 9.83. The molecule has 0 saturated carbocycles. The van der Waals surface area contributed by atoms with Gasteiger partial charge in [-0.15, -0.1) is 0 Å². The molecule has 0 atom stereocenters. The van der Waals surface area contributed by atoms with Crippen LogP contribution >= 0.6 is 0 Å². The fraction of sp³-hybridized carbons (Fsp3) is 0.312. The highest BCUT2D eigenvalue weighted by molar-refractivity contribution is 5.89. The highest BCUT2D eigenvalue weighted by atomic mass is 19.4. The third-order valence-corrected chi connectivity index (χ3v) is 3.09. The molecule has 0 radical (unpaired) electrons. The van der Waals surface area contributed by atoms with E-state index in [4.69, 9.17) is 0 Å². The van der Waals surface area contributed by atoms with E-state index in [0.717, 1.165) is 16.3 Å². The van der Waals surface area contributed by atoms with Gasteiger partial charge >= 0.3 is 12.1 Å². The average molecular weight is 296 g/mol. The van der Waals surface area contributed by atoms with Crippen LogP contribution in [0.25, 0.3) is 10.8 Å². The van der Waals surface area contributed by atoms with Gasteiger partial charge in [0.1, 0.15) is 5.75 Å². The van der Waals surface area contributed by atoms with Gasteiger partial charge in [-0.3, -0.25) is 0 Å². The van der Waals surface area contributed by atoms with E-state index < -0.39 is 12.1 Å². The number of benzene rings is 2. The lowest BCUT2D eigenvalue weighted by Gasteiger charge is -2.22. The van der Waals surface area contributed by atoms with Gasteiger partial charge in [-0.1, -0.05) is 45.0 Å². The predicted molar refractivity (Wildman–Crippen MR) is 74.3 cm³/mol. The Bertz CT molecular complexity index is 682. The quantitative estimate of drug-likeness (QED) is 0.567. The van der Waals surface area contributed by atoms with E-state index in [0.29, 0.717) is 0 Å². The highest BCUT2D eigenvalue weighted by Crippen LogP contribution is 2.34. The van der Waals surface area contributed by atoms with E-state index >= 15 is 0 Å². The van der Waals surface area contributed by atoms with Crippen molar-refractivity contribution in [2.24, 2.45) is 0 Å². The molecule has 5 heteroatoms. The average Bonchev–Trinajstić information content (AvgIpc) is 2.35. The number of carbonyl (C=O) groups is 1. The molecule has 112 valence electrons. The molecule has 21 heavy (non-hydrogen) atoms. The van der Waals surface area contributed by atoms with E-state index in [1.807, 2.05) is 32.9 Å². The van der Waals surface area contributed by atoms with E-state index in [1.54, 1.807) is 12.1 Å². The second-order valence-corrected chi connectivity index (χ2v) is 5.83. The van der Waals surface area contributed by atoms with Crippen molar-refractivity contribution in [2.75, 3.05) is 0 Å². The Hall–Kier alpha value is -2.04. The summed E-state index contributed by atoms with van der Waals surface area (Å²) >= 11 is 0. The molecule has 0 N–H and O–H groups in total. The molecule has 0 aliphatic heterocycles. The van der Waals surface area contributed by atoms with Crippen LogP contribution in [0.3, 0.4) is 0 Å². The maximum Gasteiger partial charge on any atom is 0.491 e. The van der Waals surface area contributed by atoms with Crippen LogP contribution in [-0.2, 0) is 10.2 Å². The highest BCUT2D eigenvalue weighted by Gasteiger charge is 2.41. The Balaban J connectivity index is 2.55. The second kappa shape index (κ2) is 5.06. The van der Waals surface area contributed by atoms with Crippen LogP contribution in [0.2, 0.25) is 0 Å². The molecule has 0 bridgehead atoms. The minimum atomic E-state index is -5.01. The Morgan fingerprint density at radius 2 is 1.67 bits per heavy atom. The van der Waals surface area contributed by atoms with E-state index in [1.165, 1.54) is 12.1 Å². The van der Waals surface area contributed by atoms with Crippen LogP contribution in [0.5, 0.6) is 5.75 Å². The van der Waals surface area contributed by atoms with Crippen molar-refractivity contribution in [3.8, 4) is 5.75 Å². The van der Waals surface area contributed by atoms with Crippen molar-refractivity contribution < 1.29 is 22.7 Å². The van der Waals surface area contributed by atoms with Gasteiger partial charge in [-0.2, -0.15) is 13.2 Å². The van der Waals surface area contributed by atoms with Crippen molar-refractivity contribution in [2.45, 2.75) is 32.4 Å². The summed E-state index contributed by atoms with van der Waals surface area (Å²) < 4.78 is 41.4. The smallest absolute Gasteiger partial charge is 0.420 e. The summed E-state index contributed by atoms with van der Waals surface area (Å²) in [5.74, 6) is -2.31. The van der Waals surface area contributed by atoms with Crippen LogP contribution < -0.4 is 4.74 Å². The zero-order valence-electron chi connectivity index (χ0n) is 11.9. The zero-order chi connectivity index (χ0) is 15.8. The minimum Gasteiger partial charge on any atom is -0.420 e. The normalized spacial score (nSPS) is 12.5. The molecule has 0 spiro atoms. The monoisotopic (exact) mass is 296 g/mol. The maximum absolute atomic E-state index is 12.3. The zero-order valence-corrected chi connectivity index (χ0v) is 11.9. The summed E-state index contributed by atoms with van der Waals surface area (Å²) in [5.41, 5.74) is 0.533. The first kappa shape index (κ1) is 15.4. The van der Waals surface area contributed by atoms with Gasteiger partial charge < -0.3 is 4.74 Å². The number of esters is 1. The van der Waals surface area contributed by atoms with Crippen molar-refractivity contribution in [3.63, 3.8) is 0 Å². The predicted octanol–water partition coefficient (Wildman–Crippen LogP) is 4.61. The second-order valence-electron chi connectivity index (χ2n) is 5.83. The van der Waals surface area contributed by atoms with E-state index in [2.05, 4.69) is 4.74 Å². The SMILES string of the molecule is CC(C)(C)c1cc(OC(=O)C(F)(F)F)cc2ccccc12. The van der Waals surface area contributed by atoms with Crippen molar-refractivity contribution in [1.82, 2.24) is 0 Å². The van der Waals surface area contributed by atoms with Crippen molar-refractivity contribution in [3.05, 3.63) is 42.0 Å². The van der Waals surface area contributed by atoms with Gasteiger partial charge in [-0.25, -0.2) is 4.79 Å². The molecular weight excluding hydrogens is 281 g/mol. The van der Waals surface area contributed by atoms with Gasteiger partial charge in [-0.05, 0) is 33.9 Å². The molecule has 0 aliphatic rings. The van der Waals surface area contributed by atoms with E-state index in [-0.39, 0.29) is 11.2 Å². The number of alkyl halides is 3. The number of halogens is 3. The number of hydrogen-bond acceptors (Lipinski definition) is 2. The summed E-state index contributed by atoms with van der Waals surface area (Å²) in [6, 6.07) is 10.2. The molecule has 0 heterocycles. The largest absolute Gasteiger partial charge is 0.491 e. The Kier molecular flexibility index (Phi) is 3.70. The third-order valence-electron chi connectivity index (χ3n) is 3.09. The van der Waals surface area contributed by atoms with Crippen LogP contribution in [0.15, 0.2) is 36.4 Å². The Morgan fingerprint density at radius 3 is 2.24 bits per heavy atom.